The Bertz CT molecular complexity index is 575. The lowest BCUT2D eigenvalue weighted by Crippen LogP contribution is -2.07. The molecule has 2 rings (SSSR count). The summed E-state index contributed by atoms with van der Waals surface area (Å²) in [6.07, 6.45) is 0.888. The summed E-state index contributed by atoms with van der Waals surface area (Å²) in [4.78, 5) is 5.76. The second-order valence-electron chi connectivity index (χ2n) is 5.11. The number of hydrogen-bond acceptors (Lipinski definition) is 3. The van der Waals surface area contributed by atoms with Crippen molar-refractivity contribution >= 4 is 22.9 Å². The molecule has 0 atom stereocenters. The number of benzene rings is 1. The lowest BCUT2D eigenvalue weighted by Gasteiger charge is -2.04. The van der Waals surface area contributed by atoms with E-state index in [2.05, 4.69) is 24.1 Å². The van der Waals surface area contributed by atoms with Gasteiger partial charge in [0, 0.05) is 11.4 Å². The van der Waals surface area contributed by atoms with E-state index < -0.39 is 0 Å². The lowest BCUT2D eigenvalue weighted by molar-refractivity contribution is 0.627. The van der Waals surface area contributed by atoms with E-state index in [1.807, 2.05) is 7.05 Å². The zero-order chi connectivity index (χ0) is 14.7. The molecule has 0 radical (unpaired) electrons. The molecule has 0 aliphatic rings. The highest BCUT2D eigenvalue weighted by atomic mass is 35.5. The number of nitrogens with one attached hydrogen (secondary N) is 1. The smallest absolute Gasteiger partial charge is 0.134 e. The molecule has 1 N–H and O–H groups in total. The predicted octanol–water partition coefficient (Wildman–Crippen LogP) is 4.52. The highest BCUT2D eigenvalue weighted by Gasteiger charge is 2.17. The van der Waals surface area contributed by atoms with Crippen LogP contribution in [-0.4, -0.2) is 12.0 Å². The first-order valence-electron chi connectivity index (χ1n) is 6.60. The zero-order valence-electron chi connectivity index (χ0n) is 11.8. The maximum Gasteiger partial charge on any atom is 0.134 e. The van der Waals surface area contributed by atoms with Crippen LogP contribution >= 0.6 is 22.9 Å². The summed E-state index contributed by atoms with van der Waals surface area (Å²) in [7, 11) is 1.90. The van der Waals surface area contributed by atoms with Gasteiger partial charge >= 0.3 is 0 Å². The largest absolute Gasteiger partial charge is 0.315 e. The number of rotatable bonds is 5. The molecule has 2 nitrogen and oxygen atoms in total. The fourth-order valence-electron chi connectivity index (χ4n) is 2.04. The molecular weight excluding hydrogens is 295 g/mol. The first kappa shape index (κ1) is 15.4. The average Bonchev–Trinajstić information content (AvgIpc) is 2.71. The van der Waals surface area contributed by atoms with E-state index in [4.69, 9.17) is 11.6 Å². The standard InChI is InChI=1S/C15H18ClFN2S/c1-9(2)7-12-13(8-18-3)20-15(19-12)14-10(16)5-4-6-11(14)17/h4-6,9,18H,7-8H2,1-3H3. The predicted molar refractivity (Wildman–Crippen MR) is 83.8 cm³/mol. The molecule has 0 spiro atoms. The quantitative estimate of drug-likeness (QED) is 0.878. The Balaban J connectivity index is 2.47. The summed E-state index contributed by atoms with van der Waals surface area (Å²) in [5, 5.41) is 4.20. The number of aromatic nitrogens is 1. The van der Waals surface area contributed by atoms with Gasteiger partial charge < -0.3 is 5.32 Å². The fraction of sp³-hybridized carbons (Fsp3) is 0.400. The van der Waals surface area contributed by atoms with Crippen molar-refractivity contribution in [2.24, 2.45) is 5.92 Å². The van der Waals surface area contributed by atoms with Gasteiger partial charge in [0.05, 0.1) is 16.3 Å². The highest BCUT2D eigenvalue weighted by Crippen LogP contribution is 2.35. The van der Waals surface area contributed by atoms with Crippen molar-refractivity contribution < 1.29 is 4.39 Å². The Labute approximate surface area is 128 Å². The van der Waals surface area contributed by atoms with Crippen LogP contribution in [0, 0.1) is 11.7 Å². The minimum Gasteiger partial charge on any atom is -0.315 e. The highest BCUT2D eigenvalue weighted by molar-refractivity contribution is 7.15. The number of thiazole rings is 1. The minimum atomic E-state index is -0.321. The average molecular weight is 313 g/mol. The van der Waals surface area contributed by atoms with E-state index in [1.54, 1.807) is 12.1 Å². The molecule has 20 heavy (non-hydrogen) atoms. The summed E-state index contributed by atoms with van der Waals surface area (Å²) in [5.41, 5.74) is 1.44. The van der Waals surface area contributed by atoms with Crippen molar-refractivity contribution in [1.82, 2.24) is 10.3 Å². The van der Waals surface area contributed by atoms with Gasteiger partial charge in [-0.25, -0.2) is 9.37 Å². The van der Waals surface area contributed by atoms with Crippen LogP contribution in [0.2, 0.25) is 5.02 Å². The maximum atomic E-state index is 14.0. The van der Waals surface area contributed by atoms with Crippen molar-refractivity contribution in [3.05, 3.63) is 39.6 Å². The van der Waals surface area contributed by atoms with E-state index in [1.165, 1.54) is 17.4 Å². The molecule has 108 valence electrons. The van der Waals surface area contributed by atoms with Crippen LogP contribution in [0.25, 0.3) is 10.6 Å². The van der Waals surface area contributed by atoms with Crippen molar-refractivity contribution in [2.75, 3.05) is 7.05 Å². The van der Waals surface area contributed by atoms with E-state index in [9.17, 15) is 4.39 Å². The fourth-order valence-corrected chi connectivity index (χ4v) is 3.51. The lowest BCUT2D eigenvalue weighted by atomic mass is 10.1. The first-order chi connectivity index (χ1) is 9.52. The molecule has 1 aromatic carbocycles. The number of nitrogens with zero attached hydrogens (tertiary/aromatic N) is 1. The van der Waals surface area contributed by atoms with Crippen LogP contribution in [0.15, 0.2) is 18.2 Å². The first-order valence-corrected chi connectivity index (χ1v) is 7.80. The maximum absolute atomic E-state index is 14.0. The second-order valence-corrected chi connectivity index (χ2v) is 6.60. The SMILES string of the molecule is CNCc1sc(-c2c(F)cccc2Cl)nc1CC(C)C. The Kier molecular flexibility index (Phi) is 5.13. The van der Waals surface area contributed by atoms with Crippen molar-refractivity contribution in [3.63, 3.8) is 0 Å². The molecule has 5 heteroatoms. The van der Waals surface area contributed by atoms with Crippen molar-refractivity contribution in [2.45, 2.75) is 26.8 Å². The van der Waals surface area contributed by atoms with Gasteiger partial charge in [-0.3, -0.25) is 0 Å². The minimum absolute atomic E-state index is 0.321. The summed E-state index contributed by atoms with van der Waals surface area (Å²) in [6, 6.07) is 4.72. The molecule has 0 aliphatic heterocycles. The third-order valence-electron chi connectivity index (χ3n) is 2.89. The van der Waals surface area contributed by atoms with Crippen LogP contribution in [0.3, 0.4) is 0 Å². The van der Waals surface area contributed by atoms with Gasteiger partial charge in [0.2, 0.25) is 0 Å². The summed E-state index contributed by atoms with van der Waals surface area (Å²) in [5.74, 6) is 0.190. The third-order valence-corrected chi connectivity index (χ3v) is 4.32. The van der Waals surface area contributed by atoms with Crippen molar-refractivity contribution in [1.29, 1.82) is 0 Å². The Hall–Kier alpha value is -0.970. The molecule has 0 bridgehead atoms. The van der Waals surface area contributed by atoms with Crippen molar-refractivity contribution in [3.8, 4) is 10.6 Å². The summed E-state index contributed by atoms with van der Waals surface area (Å²) in [6.45, 7) is 5.04. The van der Waals surface area contributed by atoms with Gasteiger partial charge in [-0.2, -0.15) is 0 Å². The Morgan fingerprint density at radius 1 is 1.40 bits per heavy atom. The van der Waals surface area contributed by atoms with Gasteiger partial charge in [-0.15, -0.1) is 11.3 Å². The molecule has 0 amide bonds. The molecule has 0 saturated carbocycles. The molecule has 0 fully saturated rings. The molecule has 1 heterocycles. The Morgan fingerprint density at radius 2 is 2.15 bits per heavy atom. The van der Waals surface area contributed by atoms with Gasteiger partial charge in [-0.1, -0.05) is 31.5 Å². The Morgan fingerprint density at radius 3 is 2.75 bits per heavy atom. The molecule has 0 unspecified atom stereocenters. The van der Waals surface area contributed by atoms with Crippen LogP contribution in [0.5, 0.6) is 0 Å². The number of halogens is 2. The topological polar surface area (TPSA) is 24.9 Å². The van der Waals surface area contributed by atoms with E-state index in [-0.39, 0.29) is 5.82 Å². The summed E-state index contributed by atoms with van der Waals surface area (Å²) < 4.78 is 14.0. The normalized spacial score (nSPS) is 11.3. The van der Waals surface area contributed by atoms with Gasteiger partial charge in [0.15, 0.2) is 0 Å². The van der Waals surface area contributed by atoms with Gasteiger partial charge in [0.1, 0.15) is 10.8 Å². The zero-order valence-corrected chi connectivity index (χ0v) is 13.4. The molecule has 1 aromatic heterocycles. The molecular formula is C15H18ClFN2S. The third kappa shape index (κ3) is 3.37. The van der Waals surface area contributed by atoms with Crippen LogP contribution < -0.4 is 5.32 Å². The molecule has 2 aromatic rings. The van der Waals surface area contributed by atoms with E-state index >= 15 is 0 Å². The van der Waals surface area contributed by atoms with Crippen LogP contribution in [-0.2, 0) is 13.0 Å². The van der Waals surface area contributed by atoms with Crippen LogP contribution in [0.1, 0.15) is 24.4 Å². The molecule has 0 saturated heterocycles. The van der Waals surface area contributed by atoms with Gasteiger partial charge in [-0.05, 0) is 31.5 Å². The summed E-state index contributed by atoms with van der Waals surface area (Å²) >= 11 is 7.63. The van der Waals surface area contributed by atoms with Gasteiger partial charge in [0.25, 0.3) is 0 Å². The van der Waals surface area contributed by atoms with E-state index in [0.29, 0.717) is 21.5 Å². The second kappa shape index (κ2) is 6.66. The number of hydrogen-bond donors (Lipinski definition) is 1. The monoisotopic (exact) mass is 312 g/mol. The molecule has 0 aliphatic carbocycles. The van der Waals surface area contributed by atoms with E-state index in [0.717, 1.165) is 23.5 Å². The van der Waals surface area contributed by atoms with Crippen LogP contribution in [0.4, 0.5) is 4.39 Å².